The molecule has 1 saturated heterocycles. The van der Waals surface area contributed by atoms with Gasteiger partial charge in [-0.2, -0.15) is 0 Å². The lowest BCUT2D eigenvalue weighted by Gasteiger charge is -2.15. The minimum absolute atomic E-state index is 0.0942. The maximum absolute atomic E-state index is 14.8. The standard InChI is InChI=1S/C25H24FN3O5S/c1-2-4-17-15-20(34-22-16-27-11-12-28-22)9-10-21(17)33-14-3-13-32-19-7-5-18(6-8-19)25(26)23(30)29-24(31)35-25/h5-12,15-16H,2-4,13-14H2,1H3,(H,29,30,31). The number of nitrogens with zero attached hydrogens (tertiary/aromatic N) is 2. The molecule has 0 saturated carbocycles. The van der Waals surface area contributed by atoms with Crippen molar-refractivity contribution < 1.29 is 28.2 Å². The van der Waals surface area contributed by atoms with E-state index < -0.39 is 16.1 Å². The maximum Gasteiger partial charge on any atom is 0.289 e. The van der Waals surface area contributed by atoms with Crippen molar-refractivity contribution in [2.75, 3.05) is 13.2 Å². The molecule has 1 aliphatic heterocycles. The van der Waals surface area contributed by atoms with Crippen LogP contribution < -0.4 is 19.5 Å². The first kappa shape index (κ1) is 24.5. The Morgan fingerprint density at radius 2 is 1.80 bits per heavy atom. The van der Waals surface area contributed by atoms with Crippen molar-refractivity contribution in [3.05, 3.63) is 72.2 Å². The summed E-state index contributed by atoms with van der Waals surface area (Å²) in [7, 11) is 0. The van der Waals surface area contributed by atoms with Gasteiger partial charge in [0.05, 0.1) is 19.4 Å². The molecule has 2 amide bonds. The molecule has 1 N–H and O–H groups in total. The normalized spacial score (nSPS) is 17.2. The lowest BCUT2D eigenvalue weighted by Crippen LogP contribution is -2.30. The van der Waals surface area contributed by atoms with Gasteiger partial charge in [-0.05, 0) is 54.1 Å². The molecule has 0 aliphatic carbocycles. The molecule has 3 aromatic rings. The van der Waals surface area contributed by atoms with Gasteiger partial charge in [-0.1, -0.05) is 25.5 Å². The Balaban J connectivity index is 1.26. The summed E-state index contributed by atoms with van der Waals surface area (Å²) in [6.07, 6.45) is 7.14. The molecule has 1 atom stereocenters. The van der Waals surface area contributed by atoms with E-state index in [-0.39, 0.29) is 5.56 Å². The average molecular weight is 498 g/mol. The fraction of sp³-hybridized carbons (Fsp3) is 0.280. The van der Waals surface area contributed by atoms with E-state index in [1.165, 1.54) is 12.1 Å². The van der Waals surface area contributed by atoms with E-state index in [1.54, 1.807) is 30.7 Å². The Hall–Kier alpha value is -3.66. The molecule has 1 fully saturated rings. The first-order valence-electron chi connectivity index (χ1n) is 11.1. The number of benzene rings is 2. The van der Waals surface area contributed by atoms with Crippen LogP contribution in [0.5, 0.6) is 23.1 Å². The van der Waals surface area contributed by atoms with Crippen LogP contribution in [0.2, 0.25) is 0 Å². The molecule has 1 aromatic heterocycles. The number of halogens is 1. The summed E-state index contributed by atoms with van der Waals surface area (Å²) >= 11 is 0.326. The van der Waals surface area contributed by atoms with Gasteiger partial charge in [-0.15, -0.1) is 0 Å². The van der Waals surface area contributed by atoms with Crippen molar-refractivity contribution in [2.24, 2.45) is 0 Å². The van der Waals surface area contributed by atoms with Crippen LogP contribution in [0.25, 0.3) is 0 Å². The minimum atomic E-state index is -2.41. The number of aromatic nitrogens is 2. The number of rotatable bonds is 11. The van der Waals surface area contributed by atoms with Gasteiger partial charge in [0.2, 0.25) is 5.88 Å². The van der Waals surface area contributed by atoms with Crippen molar-refractivity contribution in [3.63, 3.8) is 0 Å². The number of carbonyl (C=O) groups excluding carboxylic acids is 2. The molecule has 2 heterocycles. The van der Waals surface area contributed by atoms with Gasteiger partial charge < -0.3 is 14.2 Å². The molecule has 1 unspecified atom stereocenters. The predicted octanol–water partition coefficient (Wildman–Crippen LogP) is 5.17. The summed E-state index contributed by atoms with van der Waals surface area (Å²) in [5.74, 6) is 1.45. The van der Waals surface area contributed by atoms with E-state index in [0.29, 0.717) is 48.8 Å². The Morgan fingerprint density at radius 1 is 1.03 bits per heavy atom. The lowest BCUT2D eigenvalue weighted by molar-refractivity contribution is -0.126. The van der Waals surface area contributed by atoms with E-state index in [2.05, 4.69) is 16.9 Å². The number of thioether (sulfide) groups is 1. The van der Waals surface area contributed by atoms with E-state index in [0.717, 1.165) is 24.2 Å². The number of imide groups is 1. The molecule has 35 heavy (non-hydrogen) atoms. The van der Waals surface area contributed by atoms with Crippen LogP contribution in [0.3, 0.4) is 0 Å². The smallest absolute Gasteiger partial charge is 0.289 e. The Morgan fingerprint density at radius 3 is 2.49 bits per heavy atom. The fourth-order valence-corrected chi connectivity index (χ4v) is 4.24. The monoisotopic (exact) mass is 497 g/mol. The van der Waals surface area contributed by atoms with Gasteiger partial charge in [0.1, 0.15) is 17.2 Å². The minimum Gasteiger partial charge on any atom is -0.493 e. The zero-order valence-electron chi connectivity index (χ0n) is 19.0. The van der Waals surface area contributed by atoms with E-state index in [1.807, 2.05) is 23.5 Å². The van der Waals surface area contributed by atoms with Crippen LogP contribution in [-0.4, -0.2) is 34.3 Å². The molecule has 2 aromatic carbocycles. The largest absolute Gasteiger partial charge is 0.493 e. The summed E-state index contributed by atoms with van der Waals surface area (Å²) < 4.78 is 32.2. The third kappa shape index (κ3) is 6.07. The number of ether oxygens (including phenoxy) is 3. The first-order valence-corrected chi connectivity index (χ1v) is 12.0. The van der Waals surface area contributed by atoms with Crippen molar-refractivity contribution in [1.82, 2.24) is 15.3 Å². The van der Waals surface area contributed by atoms with E-state index >= 15 is 0 Å². The second kappa shape index (κ2) is 11.2. The molecule has 1 aliphatic rings. The van der Waals surface area contributed by atoms with Crippen molar-refractivity contribution in [3.8, 4) is 23.1 Å². The van der Waals surface area contributed by atoms with Gasteiger partial charge in [0.25, 0.3) is 16.1 Å². The average Bonchev–Trinajstić information content (AvgIpc) is 3.13. The maximum atomic E-state index is 14.8. The van der Waals surface area contributed by atoms with E-state index in [9.17, 15) is 14.0 Å². The molecule has 8 nitrogen and oxygen atoms in total. The molecular formula is C25H24FN3O5S. The third-order valence-corrected chi connectivity index (χ3v) is 6.08. The van der Waals surface area contributed by atoms with E-state index in [4.69, 9.17) is 14.2 Å². The van der Waals surface area contributed by atoms with Crippen LogP contribution in [0.4, 0.5) is 9.18 Å². The van der Waals surface area contributed by atoms with Crippen molar-refractivity contribution in [2.45, 2.75) is 31.2 Å². The number of carbonyl (C=O) groups is 2. The predicted molar refractivity (Wildman–Crippen MR) is 129 cm³/mol. The topological polar surface area (TPSA) is 99.6 Å². The highest BCUT2D eigenvalue weighted by atomic mass is 32.2. The summed E-state index contributed by atoms with van der Waals surface area (Å²) in [6, 6.07) is 11.7. The first-order chi connectivity index (χ1) is 17.0. The molecule has 4 rings (SSSR count). The number of alkyl halides is 1. The van der Waals surface area contributed by atoms with Gasteiger partial charge in [-0.25, -0.2) is 9.37 Å². The second-order valence-corrected chi connectivity index (χ2v) is 8.82. The highest BCUT2D eigenvalue weighted by Crippen LogP contribution is 2.43. The van der Waals surface area contributed by atoms with Crippen molar-refractivity contribution >= 4 is 22.9 Å². The molecule has 0 radical (unpaired) electrons. The van der Waals surface area contributed by atoms with Crippen LogP contribution in [0.15, 0.2) is 61.1 Å². The van der Waals surface area contributed by atoms with Crippen LogP contribution >= 0.6 is 11.8 Å². The summed E-state index contributed by atoms with van der Waals surface area (Å²) in [5, 5.41) is -1.15. The number of hydrogen-bond donors (Lipinski definition) is 1. The van der Waals surface area contributed by atoms with Gasteiger partial charge in [0.15, 0.2) is 0 Å². The Labute approximate surface area is 206 Å². The Bertz CT molecular complexity index is 1180. The van der Waals surface area contributed by atoms with Gasteiger partial charge >= 0.3 is 0 Å². The van der Waals surface area contributed by atoms with Crippen LogP contribution in [-0.2, 0) is 16.2 Å². The lowest BCUT2D eigenvalue weighted by atomic mass is 10.1. The second-order valence-electron chi connectivity index (χ2n) is 7.68. The highest BCUT2D eigenvalue weighted by Gasteiger charge is 2.50. The quantitative estimate of drug-likeness (QED) is 0.362. The van der Waals surface area contributed by atoms with Crippen molar-refractivity contribution in [1.29, 1.82) is 0 Å². The molecule has 0 bridgehead atoms. The fourth-order valence-electron chi connectivity index (χ4n) is 3.44. The number of hydrogen-bond acceptors (Lipinski definition) is 8. The zero-order valence-corrected chi connectivity index (χ0v) is 19.8. The number of nitrogens with one attached hydrogen (secondary N) is 1. The Kier molecular flexibility index (Phi) is 7.81. The molecule has 182 valence electrons. The summed E-state index contributed by atoms with van der Waals surface area (Å²) in [4.78, 5) is 31.2. The van der Waals surface area contributed by atoms with Crippen LogP contribution in [0.1, 0.15) is 30.9 Å². The van der Waals surface area contributed by atoms with Crippen LogP contribution in [0, 0.1) is 0 Å². The third-order valence-electron chi connectivity index (χ3n) is 5.09. The van der Waals surface area contributed by atoms with Gasteiger partial charge in [-0.3, -0.25) is 19.9 Å². The molecular weight excluding hydrogens is 473 g/mol. The molecule has 0 spiro atoms. The summed E-state index contributed by atoms with van der Waals surface area (Å²) in [5.41, 5.74) is 1.13. The number of amides is 2. The zero-order chi connectivity index (χ0) is 24.7. The highest BCUT2D eigenvalue weighted by molar-refractivity contribution is 8.15. The number of aryl methyl sites for hydroxylation is 1. The molecule has 10 heteroatoms. The summed E-state index contributed by atoms with van der Waals surface area (Å²) in [6.45, 7) is 2.94. The SMILES string of the molecule is CCCc1cc(Oc2cnccn2)ccc1OCCCOc1ccc(C2(F)SC(=O)NC2=O)cc1. The van der Waals surface area contributed by atoms with Gasteiger partial charge in [0, 0.05) is 24.4 Å².